The van der Waals surface area contributed by atoms with E-state index in [1.165, 1.54) is 38.4 Å². The van der Waals surface area contributed by atoms with Gasteiger partial charge in [-0.3, -0.25) is 9.52 Å². The van der Waals surface area contributed by atoms with Crippen LogP contribution >= 0.6 is 11.6 Å². The highest BCUT2D eigenvalue weighted by molar-refractivity contribution is 7.92. The normalized spacial score (nSPS) is 11.4. The topological polar surface area (TPSA) is 68.2 Å². The summed E-state index contributed by atoms with van der Waals surface area (Å²) >= 11 is 5.71. The van der Waals surface area contributed by atoms with Gasteiger partial charge in [0.1, 0.15) is 15.7 Å². The van der Waals surface area contributed by atoms with Crippen molar-refractivity contribution in [3.8, 4) is 0 Å². The van der Waals surface area contributed by atoms with Gasteiger partial charge >= 0.3 is 0 Å². The van der Waals surface area contributed by atoms with Gasteiger partial charge in [-0.25, -0.2) is 12.8 Å². The number of halogens is 2. The molecule has 1 heterocycles. The van der Waals surface area contributed by atoms with Gasteiger partial charge in [0.15, 0.2) is 0 Å². The average Bonchev–Trinajstić information content (AvgIpc) is 2.38. The number of pyridine rings is 1. The Morgan fingerprint density at radius 2 is 2.00 bits per heavy atom. The van der Waals surface area contributed by atoms with E-state index in [4.69, 9.17) is 11.6 Å². The second kappa shape index (κ2) is 5.50. The molecule has 5 nitrogen and oxygen atoms in total. The molecule has 0 bridgehead atoms. The largest absolute Gasteiger partial charge is 0.315 e. The van der Waals surface area contributed by atoms with Crippen LogP contribution < -0.4 is 10.3 Å². The van der Waals surface area contributed by atoms with Gasteiger partial charge in [0, 0.05) is 13.2 Å². The molecular weight excluding hydrogens is 319 g/mol. The van der Waals surface area contributed by atoms with Crippen molar-refractivity contribution in [3.63, 3.8) is 0 Å². The highest BCUT2D eigenvalue weighted by Gasteiger charge is 2.20. The Balaban J connectivity index is 2.47. The number of anilines is 1. The molecule has 1 aromatic carbocycles. The zero-order chi connectivity index (χ0) is 15.8. The van der Waals surface area contributed by atoms with Gasteiger partial charge in [0.05, 0.1) is 5.69 Å². The number of aryl methyl sites for hydroxylation is 2. The molecule has 0 atom stereocenters. The number of nitrogens with zero attached hydrogens (tertiary/aromatic N) is 1. The maximum Gasteiger partial charge on any atom is 0.269 e. The number of rotatable bonds is 3. The van der Waals surface area contributed by atoms with Gasteiger partial charge in [-0.1, -0.05) is 23.7 Å². The van der Waals surface area contributed by atoms with Crippen LogP contribution in [0.15, 0.2) is 40.2 Å². The summed E-state index contributed by atoms with van der Waals surface area (Å²) in [4.78, 5) is 11.0. The lowest BCUT2D eigenvalue weighted by Gasteiger charge is -2.11. The highest BCUT2D eigenvalue weighted by Crippen LogP contribution is 2.21. The fourth-order valence-electron chi connectivity index (χ4n) is 1.77. The van der Waals surface area contributed by atoms with Gasteiger partial charge in [-0.05, 0) is 24.6 Å². The van der Waals surface area contributed by atoms with Crippen molar-refractivity contribution in [2.45, 2.75) is 11.8 Å². The van der Waals surface area contributed by atoms with E-state index >= 15 is 0 Å². The first-order chi connectivity index (χ1) is 9.72. The fraction of sp³-hybridized carbons (Fsp3) is 0.154. The van der Waals surface area contributed by atoms with Crippen LogP contribution in [0.5, 0.6) is 0 Å². The van der Waals surface area contributed by atoms with Gasteiger partial charge in [0.2, 0.25) is 0 Å². The summed E-state index contributed by atoms with van der Waals surface area (Å²) in [5, 5.41) is -0.137. The van der Waals surface area contributed by atoms with E-state index < -0.39 is 26.3 Å². The Labute approximate surface area is 126 Å². The molecule has 0 saturated carbocycles. The monoisotopic (exact) mass is 330 g/mol. The Hall–Kier alpha value is -1.86. The molecule has 0 radical (unpaired) electrons. The molecule has 0 aliphatic carbocycles. The first kappa shape index (κ1) is 15.5. The van der Waals surface area contributed by atoms with E-state index in [-0.39, 0.29) is 16.3 Å². The molecule has 112 valence electrons. The lowest BCUT2D eigenvalue weighted by molar-refractivity contribution is 0.565. The van der Waals surface area contributed by atoms with Gasteiger partial charge in [0.25, 0.3) is 15.6 Å². The molecule has 2 rings (SSSR count). The Morgan fingerprint density at radius 1 is 1.33 bits per heavy atom. The van der Waals surface area contributed by atoms with Gasteiger partial charge < -0.3 is 4.57 Å². The summed E-state index contributed by atoms with van der Waals surface area (Å²) in [6, 6.07) is 5.25. The van der Waals surface area contributed by atoms with Crippen molar-refractivity contribution in [2.24, 2.45) is 7.05 Å². The molecule has 1 aromatic heterocycles. The summed E-state index contributed by atoms with van der Waals surface area (Å²) in [5.41, 5.74) is -0.166. The fourth-order valence-corrected chi connectivity index (χ4v) is 3.20. The van der Waals surface area contributed by atoms with Gasteiger partial charge in [-0.2, -0.15) is 0 Å². The first-order valence-corrected chi connectivity index (χ1v) is 7.72. The minimum absolute atomic E-state index is 0.0722. The molecule has 0 amide bonds. The number of sulfonamides is 1. The summed E-state index contributed by atoms with van der Waals surface area (Å²) < 4.78 is 41.7. The van der Waals surface area contributed by atoms with Crippen molar-refractivity contribution < 1.29 is 12.8 Å². The van der Waals surface area contributed by atoms with Crippen molar-refractivity contribution in [2.75, 3.05) is 4.72 Å². The average molecular weight is 331 g/mol. The van der Waals surface area contributed by atoms with Gasteiger partial charge in [-0.15, -0.1) is 0 Å². The molecule has 0 aliphatic rings. The first-order valence-electron chi connectivity index (χ1n) is 5.86. The highest BCUT2D eigenvalue weighted by atomic mass is 35.5. The molecular formula is C13H12ClFN2O3S. The smallest absolute Gasteiger partial charge is 0.269 e. The van der Waals surface area contributed by atoms with E-state index in [2.05, 4.69) is 4.72 Å². The van der Waals surface area contributed by atoms with E-state index in [9.17, 15) is 17.6 Å². The standard InChI is InChI=1S/C13H12ClFN2O3S/c1-8-4-3-5-11(12(8)15)21(19,20)16-9-6-10(14)13(18)17(2)7-9/h3-7,16H,1-2H3. The third-order valence-electron chi connectivity index (χ3n) is 2.84. The second-order valence-corrected chi connectivity index (χ2v) is 6.54. The van der Waals surface area contributed by atoms with E-state index in [0.717, 1.165) is 10.6 Å². The van der Waals surface area contributed by atoms with Crippen LogP contribution in [-0.2, 0) is 17.1 Å². The SMILES string of the molecule is Cc1cccc(S(=O)(=O)Nc2cc(Cl)c(=O)n(C)c2)c1F. The number of aromatic nitrogens is 1. The Bertz CT molecular complexity index is 836. The predicted octanol–water partition coefficient (Wildman–Crippen LogP) is 2.29. The number of nitrogens with one attached hydrogen (secondary N) is 1. The summed E-state index contributed by atoms with van der Waals surface area (Å²) in [5.74, 6) is -0.819. The summed E-state index contributed by atoms with van der Waals surface area (Å²) in [6.45, 7) is 1.47. The maximum atomic E-state index is 13.9. The molecule has 0 fully saturated rings. The lowest BCUT2D eigenvalue weighted by Crippen LogP contribution is -2.20. The van der Waals surface area contributed by atoms with Crippen LogP contribution in [0, 0.1) is 12.7 Å². The van der Waals surface area contributed by atoms with E-state index in [0.29, 0.717) is 0 Å². The molecule has 8 heteroatoms. The summed E-state index contributed by atoms with van der Waals surface area (Å²) in [7, 11) is -2.68. The molecule has 0 spiro atoms. The predicted molar refractivity (Wildman–Crippen MR) is 78.6 cm³/mol. The number of hydrogen-bond acceptors (Lipinski definition) is 3. The molecule has 2 aromatic rings. The van der Waals surface area contributed by atoms with Crippen LogP contribution in [0.2, 0.25) is 5.02 Å². The Kier molecular flexibility index (Phi) is 4.06. The van der Waals surface area contributed by atoms with Crippen molar-refractivity contribution in [3.05, 3.63) is 57.2 Å². The minimum atomic E-state index is -4.11. The number of benzene rings is 1. The lowest BCUT2D eigenvalue weighted by atomic mass is 10.2. The second-order valence-electron chi connectivity index (χ2n) is 4.49. The van der Waals surface area contributed by atoms with E-state index in [1.807, 2.05) is 0 Å². The summed E-state index contributed by atoms with van der Waals surface area (Å²) in [6.07, 6.45) is 1.26. The van der Waals surface area contributed by atoms with Crippen LogP contribution in [-0.4, -0.2) is 13.0 Å². The quantitative estimate of drug-likeness (QED) is 0.938. The molecule has 21 heavy (non-hydrogen) atoms. The van der Waals surface area contributed by atoms with Crippen molar-refractivity contribution >= 4 is 27.3 Å². The third kappa shape index (κ3) is 3.08. The zero-order valence-corrected chi connectivity index (χ0v) is 12.8. The molecule has 1 N–H and O–H groups in total. The van der Waals surface area contributed by atoms with Crippen LogP contribution in [0.25, 0.3) is 0 Å². The van der Waals surface area contributed by atoms with Crippen molar-refractivity contribution in [1.29, 1.82) is 0 Å². The third-order valence-corrected chi connectivity index (χ3v) is 4.51. The van der Waals surface area contributed by atoms with Crippen LogP contribution in [0.1, 0.15) is 5.56 Å². The van der Waals surface area contributed by atoms with Crippen LogP contribution in [0.3, 0.4) is 0 Å². The maximum absolute atomic E-state index is 13.9. The molecule has 0 aliphatic heterocycles. The number of hydrogen-bond donors (Lipinski definition) is 1. The minimum Gasteiger partial charge on any atom is -0.315 e. The van der Waals surface area contributed by atoms with E-state index in [1.54, 1.807) is 0 Å². The molecule has 0 unspecified atom stereocenters. The van der Waals surface area contributed by atoms with Crippen molar-refractivity contribution in [1.82, 2.24) is 4.57 Å². The van der Waals surface area contributed by atoms with Crippen LogP contribution in [0.4, 0.5) is 10.1 Å². The molecule has 0 saturated heterocycles. The zero-order valence-electron chi connectivity index (χ0n) is 11.2. The Morgan fingerprint density at radius 3 is 2.62 bits per heavy atom.